The fraction of sp³-hybridized carbons (Fsp3) is 0.370. The maximum atomic E-state index is 13.2. The van der Waals surface area contributed by atoms with E-state index in [1.54, 1.807) is 39.1 Å². The molecule has 5 N–H and O–H groups in total. The molecule has 22 nitrogen and oxygen atoms in total. The van der Waals surface area contributed by atoms with Crippen molar-refractivity contribution in [3.8, 4) is 5.88 Å². The van der Waals surface area contributed by atoms with Gasteiger partial charge >= 0.3 is 0 Å². The van der Waals surface area contributed by atoms with E-state index < -0.39 is 35.6 Å². The van der Waals surface area contributed by atoms with Crippen molar-refractivity contribution in [1.29, 1.82) is 0 Å². The molecule has 1 unspecified atom stereocenters. The number of carbonyl (C=O) groups excluding carboxylic acids is 5. The van der Waals surface area contributed by atoms with Gasteiger partial charge in [0.1, 0.15) is 29.8 Å². The number of hydrogen-bond donors (Lipinski definition) is 5. The Balaban J connectivity index is 0.711. The van der Waals surface area contributed by atoms with Crippen molar-refractivity contribution in [2.24, 2.45) is 10.1 Å². The van der Waals surface area contributed by atoms with Crippen molar-refractivity contribution in [1.82, 2.24) is 35.3 Å². The van der Waals surface area contributed by atoms with Gasteiger partial charge < -0.3 is 38.8 Å². The van der Waals surface area contributed by atoms with Gasteiger partial charge in [-0.25, -0.2) is 15.2 Å². The Morgan fingerprint density at radius 3 is 2.32 bits per heavy atom. The number of aliphatic imine (C=N–C) groups is 1. The molecule has 0 saturated carbocycles. The molecule has 5 amide bonds. The van der Waals surface area contributed by atoms with Crippen LogP contribution in [0.5, 0.6) is 5.88 Å². The van der Waals surface area contributed by atoms with E-state index in [0.717, 1.165) is 21.4 Å². The van der Waals surface area contributed by atoms with Crippen molar-refractivity contribution in [3.05, 3.63) is 101 Å². The zero-order valence-electron chi connectivity index (χ0n) is 36.9. The van der Waals surface area contributed by atoms with E-state index >= 15 is 0 Å². The predicted octanol–water partition coefficient (Wildman–Crippen LogP) is 2.71. The van der Waals surface area contributed by atoms with Crippen LogP contribution in [0.25, 0.3) is 10.9 Å². The number of hydrogen-bond acceptors (Lipinski definition) is 17. The number of ether oxygens (including phenoxy) is 4. The monoisotopic (exact) mass is 934 g/mol. The number of hydroxylamine groups is 1. The standard InChI is InChI=1S/C46H50N10O12/c57-37-15-14-36(43(59)49-37)56-44(60)32-9-5-11-34(39(32)46(56)62)47-16-19-64-21-23-66-25-26-67-24-22-65-20-17-54-27-29(50-53-54)28-55-35-12-4-2-8-31(35)40(45(55)61)42-41(30-7-1-3-10-33(30)48-42)52-68-18-6-13-38(58)51-63/h1-5,7-12,27,36,47,61,63H,6,13-26,28H2,(H,51,58)(H,49,57,59). The maximum absolute atomic E-state index is 13.2. The highest BCUT2D eigenvalue weighted by Gasteiger charge is 2.45. The zero-order valence-corrected chi connectivity index (χ0v) is 36.9. The van der Waals surface area contributed by atoms with Gasteiger partial charge in [0.25, 0.3) is 11.8 Å². The van der Waals surface area contributed by atoms with Crippen molar-refractivity contribution < 1.29 is 58.1 Å². The molecule has 5 aromatic rings. The summed E-state index contributed by atoms with van der Waals surface area (Å²) < 4.78 is 26.0. The highest BCUT2D eigenvalue weighted by molar-refractivity contribution is 6.58. The average Bonchev–Trinajstić information content (AvgIpc) is 4.09. The number of rotatable bonds is 25. The van der Waals surface area contributed by atoms with Gasteiger partial charge in [-0.15, -0.1) is 5.10 Å². The fourth-order valence-corrected chi connectivity index (χ4v) is 8.01. The number of nitrogens with one attached hydrogen (secondary N) is 3. The third kappa shape index (κ3) is 10.7. The van der Waals surface area contributed by atoms with E-state index in [4.69, 9.17) is 34.0 Å². The largest absolute Gasteiger partial charge is 0.494 e. The van der Waals surface area contributed by atoms with Crippen LogP contribution in [0.3, 0.4) is 0 Å². The molecule has 8 rings (SSSR count). The van der Waals surface area contributed by atoms with E-state index in [9.17, 15) is 29.1 Å². The van der Waals surface area contributed by atoms with Gasteiger partial charge in [0, 0.05) is 36.0 Å². The molecule has 5 heterocycles. The SMILES string of the molecule is O=C(CCCON=C1C(c2c(O)n(Cc3cn(CCOCCOCCOCCOCCNc4cccc5c4C(=O)N(C4CCC(=O)NC4=O)C5=O)nn3)c3ccccc23)=Nc2ccccc21)NO. The number of imide groups is 2. The van der Waals surface area contributed by atoms with Crippen molar-refractivity contribution in [3.63, 3.8) is 0 Å². The van der Waals surface area contributed by atoms with Gasteiger partial charge in [0.05, 0.1) is 100 Å². The van der Waals surface area contributed by atoms with Gasteiger partial charge in [0.15, 0.2) is 0 Å². The Morgan fingerprint density at radius 2 is 1.54 bits per heavy atom. The Morgan fingerprint density at radius 1 is 0.824 bits per heavy atom. The summed E-state index contributed by atoms with van der Waals surface area (Å²) in [7, 11) is 0. The van der Waals surface area contributed by atoms with E-state index in [2.05, 4.69) is 26.1 Å². The van der Waals surface area contributed by atoms with Crippen molar-refractivity contribution in [2.45, 2.75) is 44.8 Å². The minimum Gasteiger partial charge on any atom is -0.494 e. The molecule has 68 heavy (non-hydrogen) atoms. The third-order valence-electron chi connectivity index (χ3n) is 11.2. The number of aromatic hydroxyl groups is 1. The molecule has 0 aliphatic carbocycles. The van der Waals surface area contributed by atoms with E-state index in [0.29, 0.717) is 106 Å². The highest BCUT2D eigenvalue weighted by Crippen LogP contribution is 2.38. The van der Waals surface area contributed by atoms with Gasteiger partial charge in [0.2, 0.25) is 23.6 Å². The molecule has 22 heteroatoms. The minimum atomic E-state index is -1.03. The lowest BCUT2D eigenvalue weighted by atomic mass is 10.0. The van der Waals surface area contributed by atoms with E-state index in [-0.39, 0.29) is 49.4 Å². The second kappa shape index (κ2) is 22.4. The zero-order chi connectivity index (χ0) is 47.4. The summed E-state index contributed by atoms with van der Waals surface area (Å²) in [6.45, 7) is 4.01. The first kappa shape index (κ1) is 47.1. The second-order valence-electron chi connectivity index (χ2n) is 15.7. The lowest BCUT2D eigenvalue weighted by Gasteiger charge is -2.27. The topological polar surface area (TPSA) is 272 Å². The summed E-state index contributed by atoms with van der Waals surface area (Å²) in [4.78, 5) is 73.0. The smallest absolute Gasteiger partial charge is 0.264 e. The van der Waals surface area contributed by atoms with Crippen LogP contribution in [0, 0.1) is 0 Å². The number of oxime groups is 1. The average molecular weight is 935 g/mol. The quantitative estimate of drug-likeness (QED) is 0.0244. The second-order valence-corrected chi connectivity index (χ2v) is 15.7. The lowest BCUT2D eigenvalue weighted by Crippen LogP contribution is -2.54. The molecule has 2 aromatic heterocycles. The molecule has 3 aromatic carbocycles. The first-order valence-corrected chi connectivity index (χ1v) is 22.1. The summed E-state index contributed by atoms with van der Waals surface area (Å²) in [5.41, 5.74) is 6.61. The van der Waals surface area contributed by atoms with Gasteiger partial charge in [-0.3, -0.25) is 39.4 Å². The predicted molar refractivity (Wildman–Crippen MR) is 242 cm³/mol. The molecular weight excluding hydrogens is 885 g/mol. The Labute approximate surface area is 388 Å². The van der Waals surface area contributed by atoms with Crippen LogP contribution in [0.15, 0.2) is 83.1 Å². The third-order valence-corrected chi connectivity index (χ3v) is 11.2. The fourth-order valence-electron chi connectivity index (χ4n) is 8.01. The lowest BCUT2D eigenvalue weighted by molar-refractivity contribution is -0.136. The summed E-state index contributed by atoms with van der Waals surface area (Å²) in [5.74, 6) is -2.77. The van der Waals surface area contributed by atoms with Gasteiger partial charge in [-0.2, -0.15) is 0 Å². The molecule has 1 fully saturated rings. The molecular formula is C46H50N10O12. The molecule has 1 saturated heterocycles. The molecule has 3 aliphatic heterocycles. The summed E-state index contributed by atoms with van der Waals surface area (Å²) in [5, 5.41) is 39.6. The minimum absolute atomic E-state index is 0.0251. The summed E-state index contributed by atoms with van der Waals surface area (Å²) in [6.07, 6.45) is 2.34. The maximum Gasteiger partial charge on any atom is 0.264 e. The number of amides is 5. The first-order valence-electron chi connectivity index (χ1n) is 22.1. The van der Waals surface area contributed by atoms with Crippen LogP contribution in [0.1, 0.15) is 63.2 Å². The van der Waals surface area contributed by atoms with Gasteiger partial charge in [-0.1, -0.05) is 52.8 Å². The molecule has 356 valence electrons. The number of piperidine rings is 1. The number of anilines is 1. The normalized spacial score (nSPS) is 16.1. The summed E-state index contributed by atoms with van der Waals surface area (Å²) >= 11 is 0. The summed E-state index contributed by atoms with van der Waals surface area (Å²) in [6, 6.07) is 18.9. The number of fused-ring (bicyclic) bond motifs is 3. The Hall–Kier alpha value is -7.37. The van der Waals surface area contributed by atoms with Crippen molar-refractivity contribution in [2.75, 3.05) is 71.3 Å². The molecule has 0 spiro atoms. The van der Waals surface area contributed by atoms with Crippen LogP contribution in [0.2, 0.25) is 0 Å². The van der Waals surface area contributed by atoms with Crippen LogP contribution < -0.4 is 16.1 Å². The van der Waals surface area contributed by atoms with Crippen LogP contribution in [-0.4, -0.2) is 148 Å². The molecule has 3 aliphatic rings. The molecule has 1 atom stereocenters. The van der Waals surface area contributed by atoms with E-state index in [1.165, 1.54) is 0 Å². The van der Waals surface area contributed by atoms with E-state index in [1.807, 2.05) is 48.5 Å². The highest BCUT2D eigenvalue weighted by atomic mass is 16.6. The number of carbonyl (C=O) groups is 5. The van der Waals surface area contributed by atoms with Crippen LogP contribution in [0.4, 0.5) is 11.4 Å². The molecule has 0 radical (unpaired) electrons. The molecule has 0 bridgehead atoms. The Kier molecular flexibility index (Phi) is 15.5. The van der Waals surface area contributed by atoms with Crippen LogP contribution in [-0.2, 0) is 51.3 Å². The number of nitrogens with zero attached hydrogens (tertiary/aromatic N) is 7. The van der Waals surface area contributed by atoms with Crippen LogP contribution >= 0.6 is 0 Å². The first-order chi connectivity index (χ1) is 33.2. The number of aromatic nitrogens is 4. The van der Waals surface area contributed by atoms with Crippen molar-refractivity contribution >= 4 is 63.2 Å². The number of benzene rings is 3. The van der Waals surface area contributed by atoms with Gasteiger partial charge in [-0.05, 0) is 37.1 Å². The number of para-hydroxylation sites is 2. The Bertz CT molecular complexity index is 2730.